The number of rotatable bonds is 1. The summed E-state index contributed by atoms with van der Waals surface area (Å²) in [5, 5.41) is 9.57. The molecule has 2 aliphatic rings. The number of hydrogen-bond donors (Lipinski definition) is 0. The first-order valence-electron chi connectivity index (χ1n) is 7.20. The second-order valence-corrected chi connectivity index (χ2v) is 6.17. The number of fused-ring (bicyclic) bond motifs is 1. The van der Waals surface area contributed by atoms with Gasteiger partial charge < -0.3 is 9.80 Å². The van der Waals surface area contributed by atoms with E-state index >= 15 is 0 Å². The van der Waals surface area contributed by atoms with Gasteiger partial charge in [-0.3, -0.25) is 0 Å². The van der Waals surface area contributed by atoms with E-state index in [0.29, 0.717) is 22.5 Å². The van der Waals surface area contributed by atoms with Crippen molar-refractivity contribution in [2.75, 3.05) is 31.6 Å². The minimum Gasteiger partial charge on any atom is -0.355 e. The van der Waals surface area contributed by atoms with Crippen molar-refractivity contribution in [1.29, 1.82) is 5.26 Å². The third kappa shape index (κ3) is 2.36. The lowest BCUT2D eigenvalue weighted by atomic mass is 9.84. The molecule has 0 amide bonds. The summed E-state index contributed by atoms with van der Waals surface area (Å²) in [7, 11) is 2.23. The average Bonchev–Trinajstić information content (AvgIpc) is 2.47. The molecule has 1 aromatic rings. The fourth-order valence-electron chi connectivity index (χ4n) is 3.58. The molecule has 0 bridgehead atoms. The number of nitrogens with zero attached hydrogens (tertiary/aromatic N) is 4. The van der Waals surface area contributed by atoms with Crippen LogP contribution in [0.15, 0.2) is 12.3 Å². The van der Waals surface area contributed by atoms with E-state index in [1.807, 2.05) is 0 Å². The summed E-state index contributed by atoms with van der Waals surface area (Å²) in [6.07, 6.45) is 5.38. The van der Waals surface area contributed by atoms with Crippen LogP contribution in [0, 0.1) is 17.2 Å². The van der Waals surface area contributed by atoms with Gasteiger partial charge in [0.1, 0.15) is 16.9 Å². The SMILES string of the molecule is CN1CCCC2CN(c3nccc(C#N)c3Cl)CCC21. The Balaban J connectivity index is 1.82. The number of aromatic nitrogens is 1. The maximum absolute atomic E-state index is 9.08. The summed E-state index contributed by atoms with van der Waals surface area (Å²) >= 11 is 6.31. The molecule has 5 heteroatoms. The molecule has 0 saturated carbocycles. The second-order valence-electron chi connectivity index (χ2n) is 5.79. The van der Waals surface area contributed by atoms with Crippen LogP contribution in [-0.2, 0) is 0 Å². The predicted molar refractivity (Wildman–Crippen MR) is 79.9 cm³/mol. The molecule has 4 nitrogen and oxygen atoms in total. The molecule has 106 valence electrons. The summed E-state index contributed by atoms with van der Waals surface area (Å²) in [5.74, 6) is 1.46. The monoisotopic (exact) mass is 290 g/mol. The molecule has 1 aromatic heterocycles. The molecule has 3 rings (SSSR count). The smallest absolute Gasteiger partial charge is 0.148 e. The summed E-state index contributed by atoms with van der Waals surface area (Å²) < 4.78 is 0. The van der Waals surface area contributed by atoms with Crippen LogP contribution in [0.5, 0.6) is 0 Å². The van der Waals surface area contributed by atoms with Gasteiger partial charge in [-0.05, 0) is 44.8 Å². The second kappa shape index (κ2) is 5.59. The summed E-state index contributed by atoms with van der Waals surface area (Å²) in [6, 6.07) is 4.50. The molecule has 2 aliphatic heterocycles. The molecule has 2 unspecified atom stereocenters. The van der Waals surface area contributed by atoms with Crippen molar-refractivity contribution in [2.24, 2.45) is 5.92 Å². The Bertz CT molecular complexity index is 539. The first-order chi connectivity index (χ1) is 9.70. The average molecular weight is 291 g/mol. The van der Waals surface area contributed by atoms with E-state index in [-0.39, 0.29) is 0 Å². The molecule has 0 aromatic carbocycles. The Morgan fingerprint density at radius 2 is 2.25 bits per heavy atom. The summed E-state index contributed by atoms with van der Waals surface area (Å²) in [4.78, 5) is 9.14. The van der Waals surface area contributed by atoms with Crippen molar-refractivity contribution in [3.8, 4) is 6.07 Å². The van der Waals surface area contributed by atoms with Gasteiger partial charge in [0.25, 0.3) is 0 Å². The number of halogens is 1. The van der Waals surface area contributed by atoms with Crippen molar-refractivity contribution in [1.82, 2.24) is 9.88 Å². The number of piperidine rings is 2. The van der Waals surface area contributed by atoms with E-state index in [2.05, 4.69) is 27.9 Å². The molecule has 0 N–H and O–H groups in total. The van der Waals surface area contributed by atoms with Crippen LogP contribution < -0.4 is 4.90 Å². The van der Waals surface area contributed by atoms with Crippen LogP contribution in [0.4, 0.5) is 5.82 Å². The summed E-state index contributed by atoms with van der Waals surface area (Å²) in [6.45, 7) is 3.17. The number of pyridine rings is 1. The van der Waals surface area contributed by atoms with Gasteiger partial charge in [0.15, 0.2) is 0 Å². The molecule has 2 fully saturated rings. The molecule has 3 heterocycles. The highest BCUT2D eigenvalue weighted by Gasteiger charge is 2.35. The van der Waals surface area contributed by atoms with Gasteiger partial charge in [0.05, 0.1) is 5.56 Å². The van der Waals surface area contributed by atoms with Crippen molar-refractivity contribution in [3.05, 3.63) is 22.8 Å². The Hall–Kier alpha value is -1.31. The molecule has 0 spiro atoms. The van der Waals surface area contributed by atoms with E-state index < -0.39 is 0 Å². The van der Waals surface area contributed by atoms with Gasteiger partial charge in [-0.25, -0.2) is 4.98 Å². The minimum atomic E-state index is 0.498. The molecular formula is C15H19ClN4. The molecule has 20 heavy (non-hydrogen) atoms. The molecule has 0 aliphatic carbocycles. The van der Waals surface area contributed by atoms with Crippen molar-refractivity contribution in [3.63, 3.8) is 0 Å². The van der Waals surface area contributed by atoms with E-state index in [0.717, 1.165) is 25.3 Å². The van der Waals surface area contributed by atoms with Crippen LogP contribution >= 0.6 is 11.6 Å². The highest BCUT2D eigenvalue weighted by molar-refractivity contribution is 6.34. The van der Waals surface area contributed by atoms with E-state index in [1.165, 1.54) is 19.4 Å². The van der Waals surface area contributed by atoms with Gasteiger partial charge in [-0.1, -0.05) is 11.6 Å². The number of anilines is 1. The molecule has 2 atom stereocenters. The van der Waals surface area contributed by atoms with Gasteiger partial charge >= 0.3 is 0 Å². The lowest BCUT2D eigenvalue weighted by molar-refractivity contribution is 0.102. The highest BCUT2D eigenvalue weighted by Crippen LogP contribution is 2.34. The van der Waals surface area contributed by atoms with Crippen LogP contribution in [0.25, 0.3) is 0 Å². The van der Waals surface area contributed by atoms with Crippen LogP contribution in [0.1, 0.15) is 24.8 Å². The Morgan fingerprint density at radius 3 is 3.05 bits per heavy atom. The number of hydrogen-bond acceptors (Lipinski definition) is 4. The third-order valence-corrected chi connectivity index (χ3v) is 5.01. The Morgan fingerprint density at radius 1 is 1.40 bits per heavy atom. The molecular weight excluding hydrogens is 272 g/mol. The minimum absolute atomic E-state index is 0.498. The van der Waals surface area contributed by atoms with Crippen molar-refractivity contribution in [2.45, 2.75) is 25.3 Å². The van der Waals surface area contributed by atoms with Crippen LogP contribution in [-0.4, -0.2) is 42.6 Å². The normalized spacial score (nSPS) is 26.9. The standard InChI is InChI=1S/C15H19ClN4/c1-19-7-2-3-12-10-20(8-5-13(12)19)15-14(16)11(9-17)4-6-18-15/h4,6,12-13H,2-3,5,7-8,10H2,1H3. The maximum Gasteiger partial charge on any atom is 0.148 e. The zero-order valence-corrected chi connectivity index (χ0v) is 12.5. The molecule has 0 radical (unpaired) electrons. The van der Waals surface area contributed by atoms with Crippen LogP contribution in [0.2, 0.25) is 5.02 Å². The third-order valence-electron chi connectivity index (χ3n) is 4.64. The topological polar surface area (TPSA) is 43.2 Å². The lowest BCUT2D eigenvalue weighted by Gasteiger charge is -2.46. The number of nitriles is 1. The fourth-order valence-corrected chi connectivity index (χ4v) is 3.86. The summed E-state index contributed by atoms with van der Waals surface area (Å²) in [5.41, 5.74) is 0.513. The van der Waals surface area contributed by atoms with Crippen molar-refractivity contribution >= 4 is 17.4 Å². The van der Waals surface area contributed by atoms with E-state index in [1.54, 1.807) is 12.3 Å². The van der Waals surface area contributed by atoms with E-state index in [4.69, 9.17) is 16.9 Å². The van der Waals surface area contributed by atoms with Crippen molar-refractivity contribution < 1.29 is 0 Å². The maximum atomic E-state index is 9.08. The Labute approximate surface area is 125 Å². The zero-order valence-electron chi connectivity index (χ0n) is 11.7. The fraction of sp³-hybridized carbons (Fsp3) is 0.600. The number of likely N-dealkylation sites (tertiary alicyclic amines) is 1. The first-order valence-corrected chi connectivity index (χ1v) is 7.58. The lowest BCUT2D eigenvalue weighted by Crippen LogP contribution is -2.53. The van der Waals surface area contributed by atoms with Gasteiger partial charge in [-0.2, -0.15) is 5.26 Å². The van der Waals surface area contributed by atoms with Gasteiger partial charge in [-0.15, -0.1) is 0 Å². The van der Waals surface area contributed by atoms with Crippen LogP contribution in [0.3, 0.4) is 0 Å². The predicted octanol–water partition coefficient (Wildman–Crippen LogP) is 2.53. The highest BCUT2D eigenvalue weighted by atomic mass is 35.5. The van der Waals surface area contributed by atoms with Gasteiger partial charge in [0, 0.05) is 25.3 Å². The zero-order chi connectivity index (χ0) is 14.1. The van der Waals surface area contributed by atoms with Gasteiger partial charge in [0.2, 0.25) is 0 Å². The largest absolute Gasteiger partial charge is 0.355 e. The Kier molecular flexibility index (Phi) is 3.82. The first kappa shape index (κ1) is 13.7. The quantitative estimate of drug-likeness (QED) is 0.797. The molecule has 2 saturated heterocycles. The van der Waals surface area contributed by atoms with E-state index in [9.17, 15) is 0 Å².